The molecule has 0 unspecified atom stereocenters. The zero-order valence-electron chi connectivity index (χ0n) is 12.7. The van der Waals surface area contributed by atoms with Crippen molar-refractivity contribution in [2.24, 2.45) is 0 Å². The van der Waals surface area contributed by atoms with E-state index in [9.17, 15) is 0 Å². The number of nitrogens with zero attached hydrogens (tertiary/aromatic N) is 2. The van der Waals surface area contributed by atoms with Gasteiger partial charge in [0.2, 0.25) is 0 Å². The number of hydrogen-bond acceptors (Lipinski definition) is 7. The fourth-order valence-electron chi connectivity index (χ4n) is 1.59. The highest BCUT2D eigenvalue weighted by Gasteiger charge is 2.01. The standard InChI is InChI=1S/C11H26B2N2O5/c12-14-1-5-16-9-10-17-6-2-15(13)4-8-19-20-11-18-7-3-14/h1-13H2. The molecule has 0 aromatic heterocycles. The van der Waals surface area contributed by atoms with Crippen molar-refractivity contribution in [3.8, 4) is 0 Å². The topological polar surface area (TPSA) is 52.6 Å². The minimum absolute atomic E-state index is 0.164. The van der Waals surface area contributed by atoms with E-state index in [-0.39, 0.29) is 6.79 Å². The summed E-state index contributed by atoms with van der Waals surface area (Å²) in [6.45, 7) is 7.36. The Morgan fingerprint density at radius 1 is 0.550 bits per heavy atom. The molecule has 1 heterocycles. The van der Waals surface area contributed by atoms with Gasteiger partial charge >= 0.3 is 0 Å². The van der Waals surface area contributed by atoms with Crippen LogP contribution in [0.3, 0.4) is 0 Å². The van der Waals surface area contributed by atoms with Crippen LogP contribution in [-0.2, 0) is 24.0 Å². The summed E-state index contributed by atoms with van der Waals surface area (Å²) in [6.07, 6.45) is 0. The Labute approximate surface area is 123 Å². The number of rotatable bonds is 0. The molecule has 0 amide bonds. The maximum Gasteiger partial charge on any atom is 0.185 e. The van der Waals surface area contributed by atoms with Gasteiger partial charge in [-0.1, -0.05) is 0 Å². The number of ether oxygens (including phenoxy) is 3. The van der Waals surface area contributed by atoms with Crippen molar-refractivity contribution in [1.82, 2.24) is 9.62 Å². The van der Waals surface area contributed by atoms with E-state index >= 15 is 0 Å². The predicted octanol–water partition coefficient (Wildman–Crippen LogP) is -2.34. The fraction of sp³-hybridized carbons (Fsp3) is 1.00. The molecule has 0 saturated carbocycles. The molecule has 7 nitrogen and oxygen atoms in total. The molecule has 116 valence electrons. The van der Waals surface area contributed by atoms with E-state index in [2.05, 4.69) is 9.62 Å². The third-order valence-corrected chi connectivity index (χ3v) is 3.00. The van der Waals surface area contributed by atoms with Gasteiger partial charge in [0.05, 0.1) is 39.6 Å². The first-order valence-electron chi connectivity index (χ1n) is 7.14. The number of hydrogen-bond donors (Lipinski definition) is 0. The zero-order chi connectivity index (χ0) is 14.5. The maximum atomic E-state index is 5.51. The van der Waals surface area contributed by atoms with E-state index in [1.807, 2.05) is 16.0 Å². The van der Waals surface area contributed by atoms with Gasteiger partial charge in [0.1, 0.15) is 0 Å². The summed E-state index contributed by atoms with van der Waals surface area (Å²) in [6, 6.07) is 0. The van der Waals surface area contributed by atoms with Gasteiger partial charge < -0.3 is 23.8 Å². The summed E-state index contributed by atoms with van der Waals surface area (Å²) in [7, 11) is 4.06. The average molecular weight is 288 g/mol. The van der Waals surface area contributed by atoms with Gasteiger partial charge in [-0.05, 0) is 0 Å². The van der Waals surface area contributed by atoms with Gasteiger partial charge in [0.25, 0.3) is 0 Å². The van der Waals surface area contributed by atoms with Crippen molar-refractivity contribution in [3.05, 3.63) is 0 Å². The smallest absolute Gasteiger partial charge is 0.185 e. The quantitative estimate of drug-likeness (QED) is 0.365. The van der Waals surface area contributed by atoms with Crippen molar-refractivity contribution >= 4 is 16.0 Å². The normalized spacial score (nSPS) is 24.8. The monoisotopic (exact) mass is 288 g/mol. The molecule has 0 aliphatic carbocycles. The van der Waals surface area contributed by atoms with Crippen molar-refractivity contribution in [3.63, 3.8) is 0 Å². The molecule has 0 bridgehead atoms. The van der Waals surface area contributed by atoms with Crippen LogP contribution in [0.2, 0.25) is 0 Å². The lowest BCUT2D eigenvalue weighted by Crippen LogP contribution is -2.30. The lowest BCUT2D eigenvalue weighted by atomic mass is 10.3. The second kappa shape index (κ2) is 12.6. The molecule has 1 rings (SSSR count). The highest BCUT2D eigenvalue weighted by molar-refractivity contribution is 6.04. The summed E-state index contributed by atoms with van der Waals surface area (Å²) in [5.74, 6) is 0. The minimum atomic E-state index is 0.164. The van der Waals surface area contributed by atoms with Crippen LogP contribution in [0.15, 0.2) is 0 Å². The first kappa shape index (κ1) is 17.9. The predicted molar refractivity (Wildman–Crippen MR) is 79.7 cm³/mol. The van der Waals surface area contributed by atoms with Crippen molar-refractivity contribution in [2.75, 3.05) is 72.6 Å². The van der Waals surface area contributed by atoms with Crippen LogP contribution in [0.4, 0.5) is 0 Å². The van der Waals surface area contributed by atoms with E-state index in [4.69, 9.17) is 24.0 Å². The van der Waals surface area contributed by atoms with Crippen LogP contribution in [-0.4, -0.2) is 98.2 Å². The largest absolute Gasteiger partial charge is 0.378 e. The van der Waals surface area contributed by atoms with Gasteiger partial charge in [-0.3, -0.25) is 0 Å². The molecule has 9 heteroatoms. The summed E-state index contributed by atoms with van der Waals surface area (Å²) in [5.41, 5.74) is 0. The molecule has 0 N–H and O–H groups in total. The van der Waals surface area contributed by atoms with Crippen LogP contribution in [0, 0.1) is 0 Å². The summed E-state index contributed by atoms with van der Waals surface area (Å²) >= 11 is 0. The molecule has 0 spiro atoms. The van der Waals surface area contributed by atoms with E-state index in [0.717, 1.165) is 26.2 Å². The Bertz CT molecular complexity index is 187. The van der Waals surface area contributed by atoms with Crippen molar-refractivity contribution in [2.45, 2.75) is 0 Å². The van der Waals surface area contributed by atoms with Gasteiger partial charge in [0, 0.05) is 26.2 Å². The van der Waals surface area contributed by atoms with Crippen LogP contribution < -0.4 is 0 Å². The van der Waals surface area contributed by atoms with Gasteiger partial charge in [-0.15, -0.1) is 0 Å². The van der Waals surface area contributed by atoms with Crippen LogP contribution in [0.1, 0.15) is 0 Å². The van der Waals surface area contributed by atoms with E-state index in [1.165, 1.54) is 0 Å². The molecular formula is C11H26B2N2O5. The van der Waals surface area contributed by atoms with Crippen LogP contribution >= 0.6 is 0 Å². The zero-order valence-corrected chi connectivity index (χ0v) is 12.7. The third-order valence-electron chi connectivity index (χ3n) is 3.00. The molecule has 1 saturated heterocycles. The molecule has 1 aliphatic heterocycles. The maximum absolute atomic E-state index is 5.51. The molecule has 1 aliphatic rings. The summed E-state index contributed by atoms with van der Waals surface area (Å²) < 4.78 is 16.3. The third kappa shape index (κ3) is 10.6. The Hall–Kier alpha value is -0.150. The minimum Gasteiger partial charge on any atom is -0.378 e. The fourth-order valence-corrected chi connectivity index (χ4v) is 1.59. The van der Waals surface area contributed by atoms with Gasteiger partial charge in [-0.2, -0.15) is 0 Å². The first-order valence-corrected chi connectivity index (χ1v) is 7.14. The molecule has 0 atom stereocenters. The Balaban J connectivity index is 2.16. The SMILES string of the molecule is BN1CCOCCOCCN(B)CCOOCOCC1. The summed E-state index contributed by atoms with van der Waals surface area (Å²) in [4.78, 5) is 14.3. The van der Waals surface area contributed by atoms with Gasteiger partial charge in [0.15, 0.2) is 22.8 Å². The highest BCUT2D eigenvalue weighted by atomic mass is 17.2. The van der Waals surface area contributed by atoms with Crippen LogP contribution in [0.5, 0.6) is 0 Å². The van der Waals surface area contributed by atoms with Crippen molar-refractivity contribution < 1.29 is 24.0 Å². The Morgan fingerprint density at radius 3 is 1.65 bits per heavy atom. The van der Waals surface area contributed by atoms with Gasteiger partial charge in [-0.25, -0.2) is 9.78 Å². The average Bonchev–Trinajstić information content (AvgIpc) is 2.43. The molecule has 0 aromatic carbocycles. The Morgan fingerprint density at radius 2 is 1.05 bits per heavy atom. The first-order chi connectivity index (χ1) is 9.79. The lowest BCUT2D eigenvalue weighted by Gasteiger charge is -2.18. The molecule has 1 fully saturated rings. The second-order valence-electron chi connectivity index (χ2n) is 4.80. The van der Waals surface area contributed by atoms with Crippen molar-refractivity contribution in [1.29, 1.82) is 0 Å². The second-order valence-corrected chi connectivity index (χ2v) is 4.80. The molecular weight excluding hydrogens is 262 g/mol. The molecule has 0 aromatic rings. The highest BCUT2D eigenvalue weighted by Crippen LogP contribution is 1.89. The van der Waals surface area contributed by atoms with Crippen LogP contribution in [0.25, 0.3) is 0 Å². The van der Waals surface area contributed by atoms with E-state index < -0.39 is 0 Å². The van der Waals surface area contributed by atoms with E-state index in [0.29, 0.717) is 39.6 Å². The summed E-state index contributed by atoms with van der Waals surface area (Å²) in [5, 5.41) is 0. The molecule has 20 heavy (non-hydrogen) atoms. The van der Waals surface area contributed by atoms with E-state index in [1.54, 1.807) is 0 Å². The molecule has 0 radical (unpaired) electrons. The lowest BCUT2D eigenvalue weighted by molar-refractivity contribution is -0.336. The Kier molecular flexibility index (Phi) is 11.3.